The zero-order chi connectivity index (χ0) is 17.7. The van der Waals surface area contributed by atoms with Gasteiger partial charge in [0.1, 0.15) is 5.82 Å². The summed E-state index contributed by atoms with van der Waals surface area (Å²) in [6.45, 7) is 3.90. The number of amides is 1. The van der Waals surface area contributed by atoms with Crippen LogP contribution in [0.15, 0.2) is 66.1 Å². The molecule has 0 aromatic heterocycles. The van der Waals surface area contributed by atoms with Gasteiger partial charge in [-0.15, -0.1) is 6.58 Å². The zero-order valence-electron chi connectivity index (χ0n) is 13.1. The van der Waals surface area contributed by atoms with Crippen molar-refractivity contribution >= 4 is 21.6 Å². The van der Waals surface area contributed by atoms with Crippen LogP contribution >= 0.6 is 0 Å². The van der Waals surface area contributed by atoms with Gasteiger partial charge in [-0.2, -0.15) is 0 Å². The number of halogens is 1. The number of benzene rings is 2. The van der Waals surface area contributed by atoms with Gasteiger partial charge in [0.25, 0.3) is 15.9 Å². The number of rotatable bonds is 6. The summed E-state index contributed by atoms with van der Waals surface area (Å²) in [5.74, 6) is -0.872. The van der Waals surface area contributed by atoms with Gasteiger partial charge in [0.2, 0.25) is 0 Å². The van der Waals surface area contributed by atoms with Gasteiger partial charge in [0.15, 0.2) is 0 Å². The summed E-state index contributed by atoms with van der Waals surface area (Å²) in [5, 5.41) is 0. The van der Waals surface area contributed by atoms with Gasteiger partial charge < -0.3 is 4.90 Å². The van der Waals surface area contributed by atoms with E-state index in [9.17, 15) is 17.6 Å². The Labute approximate surface area is 140 Å². The average Bonchev–Trinajstić information content (AvgIpc) is 2.55. The summed E-state index contributed by atoms with van der Waals surface area (Å²) >= 11 is 0. The van der Waals surface area contributed by atoms with Gasteiger partial charge in [-0.3, -0.25) is 9.52 Å². The molecule has 0 atom stereocenters. The lowest BCUT2D eigenvalue weighted by molar-refractivity contribution is 0.0811. The van der Waals surface area contributed by atoms with Gasteiger partial charge in [-0.05, 0) is 36.4 Å². The molecule has 24 heavy (non-hydrogen) atoms. The number of nitrogens with one attached hydrogen (secondary N) is 1. The summed E-state index contributed by atoms with van der Waals surface area (Å²) in [5.41, 5.74) is 0.371. The molecular formula is C17H17FN2O3S. The maximum Gasteiger partial charge on any atom is 0.261 e. The molecule has 2 aromatic carbocycles. The Bertz CT molecular complexity index is 848. The molecule has 1 N–H and O–H groups in total. The van der Waals surface area contributed by atoms with E-state index in [1.54, 1.807) is 25.3 Å². The van der Waals surface area contributed by atoms with E-state index in [-0.39, 0.29) is 22.1 Å². The highest BCUT2D eigenvalue weighted by Crippen LogP contribution is 2.21. The monoisotopic (exact) mass is 348 g/mol. The fraction of sp³-hybridized carbons (Fsp3) is 0.118. The molecule has 2 aromatic rings. The van der Waals surface area contributed by atoms with Crippen LogP contribution in [0.5, 0.6) is 0 Å². The second-order valence-electron chi connectivity index (χ2n) is 5.08. The average molecular weight is 348 g/mol. The molecule has 0 aliphatic rings. The van der Waals surface area contributed by atoms with Crippen LogP contribution < -0.4 is 4.72 Å². The Hall–Kier alpha value is -2.67. The minimum atomic E-state index is -3.93. The Morgan fingerprint density at radius 3 is 2.46 bits per heavy atom. The van der Waals surface area contributed by atoms with Crippen molar-refractivity contribution in [3.8, 4) is 0 Å². The number of anilines is 1. The molecule has 0 bridgehead atoms. The number of carbonyl (C=O) groups is 1. The second-order valence-corrected chi connectivity index (χ2v) is 6.76. The van der Waals surface area contributed by atoms with Crippen molar-refractivity contribution in [1.82, 2.24) is 4.90 Å². The third-order valence-electron chi connectivity index (χ3n) is 3.28. The number of nitrogens with zero attached hydrogens (tertiary/aromatic N) is 1. The minimum Gasteiger partial charge on any atom is -0.338 e. The van der Waals surface area contributed by atoms with Crippen LogP contribution in [-0.4, -0.2) is 32.8 Å². The van der Waals surface area contributed by atoms with Gasteiger partial charge in [-0.25, -0.2) is 12.8 Å². The van der Waals surface area contributed by atoms with Gasteiger partial charge in [0.05, 0.1) is 16.1 Å². The Balaban J connectivity index is 2.35. The van der Waals surface area contributed by atoms with E-state index in [4.69, 9.17) is 0 Å². The molecule has 0 saturated carbocycles. The number of likely N-dealkylation sites (N-methyl/N-ethyl adjacent to an activating group) is 1. The number of sulfonamides is 1. The third-order valence-corrected chi connectivity index (χ3v) is 4.66. The van der Waals surface area contributed by atoms with Crippen molar-refractivity contribution < 1.29 is 17.6 Å². The fourth-order valence-corrected chi connectivity index (χ4v) is 3.14. The van der Waals surface area contributed by atoms with Crippen molar-refractivity contribution in [1.29, 1.82) is 0 Å². The lowest BCUT2D eigenvalue weighted by Gasteiger charge is -2.18. The number of carbonyl (C=O) groups excluding carboxylic acids is 1. The molecule has 0 heterocycles. The Kier molecular flexibility index (Phi) is 5.35. The van der Waals surface area contributed by atoms with Crippen molar-refractivity contribution in [2.45, 2.75) is 4.90 Å². The fourth-order valence-electron chi connectivity index (χ4n) is 2.06. The molecule has 2 rings (SSSR count). The van der Waals surface area contributed by atoms with Crippen LogP contribution in [0.25, 0.3) is 0 Å². The van der Waals surface area contributed by atoms with E-state index in [0.29, 0.717) is 6.54 Å². The largest absolute Gasteiger partial charge is 0.338 e. The summed E-state index contributed by atoms with van der Waals surface area (Å²) in [6.07, 6.45) is 1.57. The molecule has 0 spiro atoms. The SMILES string of the molecule is C=CCN(C)C(=O)c1ccccc1NS(=O)(=O)c1ccc(F)cc1. The zero-order valence-corrected chi connectivity index (χ0v) is 13.9. The summed E-state index contributed by atoms with van der Waals surface area (Å²) in [4.78, 5) is 13.7. The van der Waals surface area contributed by atoms with Crippen LogP contribution in [-0.2, 0) is 10.0 Å². The van der Waals surface area contributed by atoms with Crippen LogP contribution in [0.3, 0.4) is 0 Å². The van der Waals surface area contributed by atoms with Crippen LogP contribution in [0.4, 0.5) is 10.1 Å². The van der Waals surface area contributed by atoms with Gasteiger partial charge >= 0.3 is 0 Å². The first-order valence-corrected chi connectivity index (χ1v) is 8.57. The molecule has 5 nitrogen and oxygen atoms in total. The van der Waals surface area contributed by atoms with Crippen molar-refractivity contribution in [3.05, 3.63) is 72.6 Å². The summed E-state index contributed by atoms with van der Waals surface area (Å²) in [7, 11) is -2.34. The standard InChI is InChI=1S/C17H17FN2O3S/c1-3-12-20(2)17(21)15-6-4-5-7-16(15)19-24(22,23)14-10-8-13(18)9-11-14/h3-11,19H,1,12H2,2H3. The molecule has 0 saturated heterocycles. The van der Waals surface area contributed by atoms with E-state index in [0.717, 1.165) is 24.3 Å². The topological polar surface area (TPSA) is 66.5 Å². The Morgan fingerprint density at radius 1 is 1.21 bits per heavy atom. The lowest BCUT2D eigenvalue weighted by Crippen LogP contribution is -2.28. The molecular weight excluding hydrogens is 331 g/mol. The normalized spacial score (nSPS) is 10.9. The highest BCUT2D eigenvalue weighted by molar-refractivity contribution is 7.92. The van der Waals surface area contributed by atoms with Crippen LogP contribution in [0.2, 0.25) is 0 Å². The van der Waals surface area contributed by atoms with E-state index in [1.807, 2.05) is 0 Å². The highest BCUT2D eigenvalue weighted by atomic mass is 32.2. The molecule has 0 aliphatic carbocycles. The Morgan fingerprint density at radius 2 is 1.83 bits per heavy atom. The van der Waals surface area contributed by atoms with E-state index in [2.05, 4.69) is 11.3 Å². The number of hydrogen-bond donors (Lipinski definition) is 1. The smallest absolute Gasteiger partial charge is 0.261 e. The van der Waals surface area contributed by atoms with Crippen molar-refractivity contribution in [3.63, 3.8) is 0 Å². The molecule has 1 amide bonds. The molecule has 0 radical (unpaired) electrons. The number of para-hydroxylation sites is 1. The minimum absolute atomic E-state index is 0.0920. The lowest BCUT2D eigenvalue weighted by atomic mass is 10.1. The second kappa shape index (κ2) is 7.27. The molecule has 0 aliphatic heterocycles. The predicted molar refractivity (Wildman–Crippen MR) is 90.8 cm³/mol. The number of hydrogen-bond acceptors (Lipinski definition) is 3. The van der Waals surface area contributed by atoms with Crippen molar-refractivity contribution in [2.75, 3.05) is 18.3 Å². The van der Waals surface area contributed by atoms with E-state index in [1.165, 1.54) is 17.0 Å². The molecule has 126 valence electrons. The summed E-state index contributed by atoms with van der Waals surface area (Å²) < 4.78 is 40.2. The molecule has 7 heteroatoms. The van der Waals surface area contributed by atoms with Gasteiger partial charge in [0, 0.05) is 13.6 Å². The molecule has 0 fully saturated rings. The van der Waals surface area contributed by atoms with E-state index >= 15 is 0 Å². The first kappa shape index (κ1) is 17.7. The van der Waals surface area contributed by atoms with Gasteiger partial charge in [-0.1, -0.05) is 18.2 Å². The molecule has 0 unspecified atom stereocenters. The van der Waals surface area contributed by atoms with Crippen molar-refractivity contribution in [2.24, 2.45) is 0 Å². The maximum absolute atomic E-state index is 13.0. The van der Waals surface area contributed by atoms with Crippen LogP contribution in [0, 0.1) is 5.82 Å². The third kappa shape index (κ3) is 3.99. The van der Waals surface area contributed by atoms with E-state index < -0.39 is 15.8 Å². The summed E-state index contributed by atoms with van der Waals surface area (Å²) in [6, 6.07) is 10.7. The quantitative estimate of drug-likeness (QED) is 0.816. The first-order chi connectivity index (χ1) is 11.3. The first-order valence-electron chi connectivity index (χ1n) is 7.09. The maximum atomic E-state index is 13.0. The predicted octanol–water partition coefficient (Wildman–Crippen LogP) is 2.88. The highest BCUT2D eigenvalue weighted by Gasteiger charge is 2.20. The van der Waals surface area contributed by atoms with Crippen LogP contribution in [0.1, 0.15) is 10.4 Å².